The van der Waals surface area contributed by atoms with Gasteiger partial charge in [0.25, 0.3) is 0 Å². The number of alkyl halides is 12. The van der Waals surface area contributed by atoms with Gasteiger partial charge in [-0.05, 0) is 0 Å². The molecule has 1 aliphatic rings. The lowest BCUT2D eigenvalue weighted by atomic mass is 11.4. The topological polar surface area (TPSA) is 86.4 Å². The van der Waals surface area contributed by atoms with Crippen molar-refractivity contribution in [2.24, 2.45) is 18.1 Å². The molecule has 0 fully saturated rings. The van der Waals surface area contributed by atoms with Gasteiger partial charge >= 0.3 is 56.4 Å². The Hall–Kier alpha value is -0.360. The summed E-state index contributed by atoms with van der Waals surface area (Å²) in [6.45, 7) is 0. The molecule has 0 amide bonds. The first-order valence-electron chi connectivity index (χ1n) is 6.09. The second-order valence-electron chi connectivity index (χ2n) is 4.40. The van der Waals surface area contributed by atoms with Gasteiger partial charge in [0.2, 0.25) is 0 Å². The lowest BCUT2D eigenvalue weighted by Gasteiger charge is -2.24. The summed E-state index contributed by atoms with van der Waals surface area (Å²) >= 11 is 0. The van der Waals surface area contributed by atoms with Crippen molar-refractivity contribution in [3.05, 3.63) is 0 Å². The Labute approximate surface area is 163 Å². The van der Waals surface area contributed by atoms with Crippen LogP contribution in [0.25, 0.3) is 0 Å². The molecule has 32 heavy (non-hydrogen) atoms. The minimum absolute atomic E-state index is 1.21. The summed E-state index contributed by atoms with van der Waals surface area (Å²) in [4.78, 5) is 0. The average Bonchev–Trinajstić information content (AvgIpc) is 2.21. The lowest BCUT2D eigenvalue weighted by Crippen LogP contribution is -2.13. The molecule has 28 heteroatoms. The minimum atomic E-state index is -7.53. The van der Waals surface area contributed by atoms with Crippen molar-refractivity contribution >= 4 is 31.0 Å². The third-order valence-electron chi connectivity index (χ3n) is 1.76. The average molecular weight is 596 g/mol. The zero-order valence-electron chi connectivity index (χ0n) is 13.3. The zero-order chi connectivity index (χ0) is 25.7. The Kier molecular flexibility index (Phi) is 8.06. The van der Waals surface area contributed by atoms with Crippen LogP contribution < -0.4 is 0 Å². The van der Waals surface area contributed by atoms with Gasteiger partial charge in [-0.15, -0.1) is 70.7 Å². The van der Waals surface area contributed by atoms with Gasteiger partial charge in [-0.1, -0.05) is 0 Å². The first-order chi connectivity index (χ1) is 13.7. The number of hydrogen-bond donors (Lipinski definition) is 0. The maximum absolute atomic E-state index is 14.3. The number of rotatable bonds is 4. The molecule has 0 saturated carbocycles. The van der Waals surface area contributed by atoms with E-state index in [0.717, 1.165) is 0 Å². The molecular formula is C4F16N4O4P4. The molecule has 0 aromatic heterocycles. The van der Waals surface area contributed by atoms with E-state index in [1.807, 2.05) is 0 Å². The molecule has 192 valence electrons. The van der Waals surface area contributed by atoms with Crippen LogP contribution in [0, 0.1) is 0 Å². The number of hydrogen-bond acceptors (Lipinski definition) is 8. The molecule has 0 N–H and O–H groups in total. The van der Waals surface area contributed by atoms with Crippen molar-refractivity contribution in [2.75, 3.05) is 0 Å². The molecule has 0 unspecified atom stereocenters. The molecule has 1 aliphatic heterocycles. The standard InChI is InChI=1S/C4F16N4O4P4/c5-1(6,7)25-29(17)21-30(18,26-2(8,9)10)23-32(20,28-4(14,15)16)24-31(19,22-29)27-3(11,12)13. The predicted octanol–water partition coefficient (Wildman–Crippen LogP) is 9.81. The fourth-order valence-corrected chi connectivity index (χ4v) is 9.73. The Morgan fingerprint density at radius 3 is 0.562 bits per heavy atom. The van der Waals surface area contributed by atoms with Crippen LogP contribution in [-0.2, 0) is 18.1 Å². The molecule has 8 nitrogen and oxygen atoms in total. The summed E-state index contributed by atoms with van der Waals surface area (Å²) in [5.74, 6) is 0. The Morgan fingerprint density at radius 2 is 0.469 bits per heavy atom. The monoisotopic (exact) mass is 596 g/mol. The van der Waals surface area contributed by atoms with Crippen molar-refractivity contribution in [3.8, 4) is 0 Å². The maximum Gasteiger partial charge on any atom is 0.530 e. The predicted molar refractivity (Wildman–Crippen MR) is 70.4 cm³/mol. The van der Waals surface area contributed by atoms with Gasteiger partial charge in [0.05, 0.1) is 0 Å². The third kappa shape index (κ3) is 10.7. The van der Waals surface area contributed by atoms with Crippen LogP contribution in [0.1, 0.15) is 0 Å². The summed E-state index contributed by atoms with van der Waals surface area (Å²) < 4.78 is 218. The molecule has 0 bridgehead atoms. The van der Waals surface area contributed by atoms with Crippen LogP contribution >= 0.6 is 31.0 Å². The number of halogens is 16. The summed E-state index contributed by atoms with van der Waals surface area (Å²) in [5.41, 5.74) is 0. The van der Waals surface area contributed by atoms with Crippen LogP contribution in [0.4, 0.5) is 69.5 Å². The van der Waals surface area contributed by atoms with Gasteiger partial charge < -0.3 is 0 Å². The second kappa shape index (κ2) is 8.70. The molecule has 0 radical (unpaired) electrons. The van der Waals surface area contributed by atoms with Gasteiger partial charge in [-0.25, -0.2) is 18.1 Å². The van der Waals surface area contributed by atoms with E-state index >= 15 is 0 Å². The molecule has 0 aromatic carbocycles. The van der Waals surface area contributed by atoms with E-state index in [1.165, 1.54) is 18.1 Å². The van der Waals surface area contributed by atoms with Crippen LogP contribution in [0.2, 0.25) is 0 Å². The van der Waals surface area contributed by atoms with Gasteiger partial charge in [-0.3, -0.25) is 0 Å². The molecule has 1 rings (SSSR count). The molecule has 0 spiro atoms. The number of nitrogens with zero attached hydrogens (tertiary/aromatic N) is 4. The Bertz CT molecular complexity index is 770. The van der Waals surface area contributed by atoms with Gasteiger partial charge in [0.15, 0.2) is 0 Å². The smallest absolute Gasteiger partial charge is 0.207 e. The van der Waals surface area contributed by atoms with Crippen molar-refractivity contribution < 1.29 is 87.6 Å². The Balaban J connectivity index is 4.10. The van der Waals surface area contributed by atoms with E-state index in [1.54, 1.807) is 0 Å². The van der Waals surface area contributed by atoms with E-state index in [-0.39, 0.29) is 0 Å². The Morgan fingerprint density at radius 1 is 0.344 bits per heavy atom. The first kappa shape index (κ1) is 29.7. The molecule has 0 atom stereocenters. The molecule has 0 aromatic rings. The maximum atomic E-state index is 14.3. The van der Waals surface area contributed by atoms with E-state index in [9.17, 15) is 69.5 Å². The van der Waals surface area contributed by atoms with Gasteiger partial charge in [-0.2, -0.15) is 16.8 Å². The highest BCUT2D eigenvalue weighted by atomic mass is 31.3. The molecule has 0 saturated heterocycles. The normalized spacial score (nSPS) is 35.0. The highest BCUT2D eigenvalue weighted by Gasteiger charge is 2.54. The first-order valence-corrected chi connectivity index (χ1v) is 12.1. The third-order valence-corrected chi connectivity index (χ3v) is 10.6. The van der Waals surface area contributed by atoms with Crippen molar-refractivity contribution in [3.63, 3.8) is 0 Å². The fourth-order valence-electron chi connectivity index (χ4n) is 1.29. The van der Waals surface area contributed by atoms with E-state index in [2.05, 4.69) is 18.1 Å². The van der Waals surface area contributed by atoms with Crippen molar-refractivity contribution in [1.82, 2.24) is 0 Å². The van der Waals surface area contributed by atoms with E-state index in [4.69, 9.17) is 0 Å². The van der Waals surface area contributed by atoms with Crippen molar-refractivity contribution in [1.29, 1.82) is 0 Å². The van der Waals surface area contributed by atoms with Crippen LogP contribution in [0.3, 0.4) is 0 Å². The molecule has 0 aliphatic carbocycles. The SMILES string of the molecule is FC(F)(F)OP1(F)=NP(F)(OC(F)(F)F)=NP(F)(OC(F)(F)F)=NP(F)(OC(F)(F)F)=N1. The quantitative estimate of drug-likeness (QED) is 0.239. The van der Waals surface area contributed by atoms with E-state index in [0.29, 0.717) is 0 Å². The molecular weight excluding hydrogens is 596 g/mol. The van der Waals surface area contributed by atoms with Crippen LogP contribution in [0.5, 0.6) is 0 Å². The highest BCUT2D eigenvalue weighted by molar-refractivity contribution is 7.78. The van der Waals surface area contributed by atoms with Gasteiger partial charge in [0.1, 0.15) is 0 Å². The second-order valence-corrected chi connectivity index (χ2v) is 11.8. The van der Waals surface area contributed by atoms with Gasteiger partial charge in [0, 0.05) is 0 Å². The van der Waals surface area contributed by atoms with Crippen LogP contribution in [-0.4, -0.2) is 25.4 Å². The summed E-state index contributed by atoms with van der Waals surface area (Å²) in [6.07, 6.45) is -26.0. The summed E-state index contributed by atoms with van der Waals surface area (Å²) in [6, 6.07) is 0. The fraction of sp³-hybridized carbons (Fsp3) is 1.00. The lowest BCUT2D eigenvalue weighted by molar-refractivity contribution is -0.275. The summed E-state index contributed by atoms with van der Waals surface area (Å²) in [7, 11) is -30.1. The minimum Gasteiger partial charge on any atom is -0.207 e. The largest absolute Gasteiger partial charge is 0.530 e. The zero-order valence-corrected chi connectivity index (χ0v) is 16.8. The highest BCUT2D eigenvalue weighted by Crippen LogP contribution is 2.83. The summed E-state index contributed by atoms with van der Waals surface area (Å²) in [5, 5.41) is 0. The molecule has 1 heterocycles. The van der Waals surface area contributed by atoms with Crippen LogP contribution in [0.15, 0.2) is 18.1 Å². The van der Waals surface area contributed by atoms with Crippen molar-refractivity contribution in [2.45, 2.75) is 25.4 Å². The van der Waals surface area contributed by atoms with E-state index < -0.39 is 56.4 Å².